The van der Waals surface area contributed by atoms with Gasteiger partial charge in [-0.3, -0.25) is 4.90 Å². The van der Waals surface area contributed by atoms with Crippen LogP contribution in [0.15, 0.2) is 6.07 Å². The van der Waals surface area contributed by atoms with Crippen molar-refractivity contribution in [1.82, 2.24) is 15.2 Å². The first-order valence-corrected chi connectivity index (χ1v) is 6.60. The lowest BCUT2D eigenvalue weighted by atomic mass is 9.92. The van der Waals surface area contributed by atoms with Crippen LogP contribution in [0.25, 0.3) is 0 Å². The number of hydrogen-bond acceptors (Lipinski definition) is 2. The van der Waals surface area contributed by atoms with Crippen molar-refractivity contribution in [3.05, 3.63) is 23.0 Å². The summed E-state index contributed by atoms with van der Waals surface area (Å²) in [5.41, 5.74) is 4.31. The molecule has 0 aliphatic carbocycles. The van der Waals surface area contributed by atoms with Crippen molar-refractivity contribution in [2.75, 3.05) is 26.2 Å². The van der Waals surface area contributed by atoms with Crippen LogP contribution in [0.2, 0.25) is 0 Å². The van der Waals surface area contributed by atoms with E-state index in [1.165, 1.54) is 17.0 Å². The summed E-state index contributed by atoms with van der Waals surface area (Å²) in [6.07, 6.45) is 1.13. The highest BCUT2D eigenvalue weighted by molar-refractivity contribution is 5.26. The average molecular weight is 235 g/mol. The summed E-state index contributed by atoms with van der Waals surface area (Å²) in [4.78, 5) is 6.00. The molecule has 1 aromatic rings. The summed E-state index contributed by atoms with van der Waals surface area (Å²) in [6, 6.07) is 2.29. The number of piperazine rings is 1. The van der Waals surface area contributed by atoms with Crippen LogP contribution in [0.4, 0.5) is 0 Å². The Balaban J connectivity index is 2.07. The van der Waals surface area contributed by atoms with Gasteiger partial charge in [0.25, 0.3) is 0 Å². The van der Waals surface area contributed by atoms with E-state index in [0.717, 1.165) is 32.6 Å². The van der Waals surface area contributed by atoms with Gasteiger partial charge in [-0.2, -0.15) is 0 Å². The highest BCUT2D eigenvalue weighted by atomic mass is 15.2. The summed E-state index contributed by atoms with van der Waals surface area (Å²) >= 11 is 0. The third kappa shape index (κ3) is 2.90. The zero-order chi connectivity index (χ0) is 12.5. The predicted octanol–water partition coefficient (Wildman–Crippen LogP) is 1.86. The number of aromatic amines is 1. The molecule has 17 heavy (non-hydrogen) atoms. The van der Waals surface area contributed by atoms with Gasteiger partial charge in [0.15, 0.2) is 0 Å². The molecule has 1 aliphatic heterocycles. The first-order valence-electron chi connectivity index (χ1n) is 6.60. The molecular formula is C14H25N3. The summed E-state index contributed by atoms with van der Waals surface area (Å²) in [5, 5.41) is 3.42. The van der Waals surface area contributed by atoms with Crippen LogP contribution in [0.1, 0.15) is 30.8 Å². The molecule has 1 saturated heterocycles. The first-order chi connectivity index (χ1) is 7.99. The lowest BCUT2D eigenvalue weighted by Gasteiger charge is -2.41. The molecule has 0 unspecified atom stereocenters. The standard InChI is InChI=1S/C14H25N3/c1-11-9-13(12(2)16-11)10-14(3,4)17-7-5-15-6-8-17/h9,15-16H,5-8,10H2,1-4H3. The lowest BCUT2D eigenvalue weighted by Crippen LogP contribution is -2.54. The number of nitrogens with zero attached hydrogens (tertiary/aromatic N) is 1. The van der Waals surface area contributed by atoms with Crippen LogP contribution in [0.3, 0.4) is 0 Å². The Morgan fingerprint density at radius 1 is 1.24 bits per heavy atom. The zero-order valence-electron chi connectivity index (χ0n) is 11.6. The van der Waals surface area contributed by atoms with Crippen LogP contribution >= 0.6 is 0 Å². The van der Waals surface area contributed by atoms with Crippen molar-refractivity contribution >= 4 is 0 Å². The fourth-order valence-corrected chi connectivity index (χ4v) is 2.81. The zero-order valence-corrected chi connectivity index (χ0v) is 11.6. The van der Waals surface area contributed by atoms with Crippen molar-refractivity contribution < 1.29 is 0 Å². The normalized spacial score (nSPS) is 18.6. The van der Waals surface area contributed by atoms with Gasteiger partial charge in [0.2, 0.25) is 0 Å². The van der Waals surface area contributed by atoms with Gasteiger partial charge in [0.1, 0.15) is 0 Å². The van der Waals surface area contributed by atoms with Gasteiger partial charge in [0, 0.05) is 43.1 Å². The topological polar surface area (TPSA) is 31.1 Å². The van der Waals surface area contributed by atoms with E-state index in [2.05, 4.69) is 49.0 Å². The van der Waals surface area contributed by atoms with E-state index in [0.29, 0.717) is 0 Å². The van der Waals surface area contributed by atoms with Crippen molar-refractivity contribution in [2.45, 2.75) is 39.7 Å². The molecule has 3 heteroatoms. The summed E-state index contributed by atoms with van der Waals surface area (Å²) in [5.74, 6) is 0. The summed E-state index contributed by atoms with van der Waals surface area (Å²) in [6.45, 7) is 13.6. The molecule has 3 nitrogen and oxygen atoms in total. The van der Waals surface area contributed by atoms with Crippen LogP contribution in [0.5, 0.6) is 0 Å². The Bertz CT molecular complexity index is 373. The summed E-state index contributed by atoms with van der Waals surface area (Å²) < 4.78 is 0. The Morgan fingerprint density at radius 2 is 1.88 bits per heavy atom. The van der Waals surface area contributed by atoms with Crippen LogP contribution < -0.4 is 5.32 Å². The third-order valence-corrected chi connectivity index (χ3v) is 3.85. The smallest absolute Gasteiger partial charge is 0.0195 e. The van der Waals surface area contributed by atoms with Gasteiger partial charge >= 0.3 is 0 Å². The van der Waals surface area contributed by atoms with E-state index in [4.69, 9.17) is 0 Å². The lowest BCUT2D eigenvalue weighted by molar-refractivity contribution is 0.103. The molecule has 1 aromatic heterocycles. The van der Waals surface area contributed by atoms with E-state index in [9.17, 15) is 0 Å². The van der Waals surface area contributed by atoms with Crippen molar-refractivity contribution in [3.8, 4) is 0 Å². The first kappa shape index (κ1) is 12.7. The maximum Gasteiger partial charge on any atom is 0.0195 e. The van der Waals surface area contributed by atoms with Crippen molar-refractivity contribution in [1.29, 1.82) is 0 Å². The molecule has 1 fully saturated rings. The SMILES string of the molecule is Cc1cc(CC(C)(C)N2CCNCC2)c(C)[nH]1. The Hall–Kier alpha value is -0.800. The molecule has 0 radical (unpaired) electrons. The number of rotatable bonds is 3. The molecule has 96 valence electrons. The Kier molecular flexibility index (Phi) is 3.59. The molecule has 0 atom stereocenters. The highest BCUT2D eigenvalue weighted by Gasteiger charge is 2.28. The van der Waals surface area contributed by atoms with Gasteiger partial charge in [-0.1, -0.05) is 0 Å². The second-order valence-corrected chi connectivity index (χ2v) is 5.83. The fourth-order valence-electron chi connectivity index (χ4n) is 2.81. The van der Waals surface area contributed by atoms with E-state index >= 15 is 0 Å². The third-order valence-electron chi connectivity index (χ3n) is 3.85. The van der Waals surface area contributed by atoms with Crippen molar-refractivity contribution in [3.63, 3.8) is 0 Å². The van der Waals surface area contributed by atoms with Crippen LogP contribution in [0, 0.1) is 13.8 Å². The monoisotopic (exact) mass is 235 g/mol. The van der Waals surface area contributed by atoms with Crippen LogP contribution in [-0.2, 0) is 6.42 Å². The van der Waals surface area contributed by atoms with E-state index in [1.54, 1.807) is 0 Å². The molecule has 0 saturated carbocycles. The number of hydrogen-bond donors (Lipinski definition) is 2. The molecule has 2 N–H and O–H groups in total. The van der Waals surface area contributed by atoms with Gasteiger partial charge in [0.05, 0.1) is 0 Å². The molecule has 0 aromatic carbocycles. The van der Waals surface area contributed by atoms with E-state index in [-0.39, 0.29) is 5.54 Å². The van der Waals surface area contributed by atoms with Gasteiger partial charge < -0.3 is 10.3 Å². The minimum Gasteiger partial charge on any atom is -0.362 e. The quantitative estimate of drug-likeness (QED) is 0.838. The largest absolute Gasteiger partial charge is 0.362 e. The minimum atomic E-state index is 0.251. The maximum atomic E-state index is 3.42. The average Bonchev–Trinajstić information content (AvgIpc) is 2.58. The molecule has 2 rings (SSSR count). The predicted molar refractivity (Wildman–Crippen MR) is 72.5 cm³/mol. The number of aryl methyl sites for hydroxylation is 2. The Morgan fingerprint density at radius 3 is 2.41 bits per heavy atom. The highest BCUT2D eigenvalue weighted by Crippen LogP contribution is 2.23. The molecule has 0 bridgehead atoms. The molecule has 0 spiro atoms. The van der Waals surface area contributed by atoms with Crippen LogP contribution in [-0.4, -0.2) is 41.6 Å². The van der Waals surface area contributed by atoms with E-state index < -0.39 is 0 Å². The second kappa shape index (κ2) is 4.83. The second-order valence-electron chi connectivity index (χ2n) is 5.83. The number of nitrogens with one attached hydrogen (secondary N) is 2. The molecular weight excluding hydrogens is 210 g/mol. The number of aromatic nitrogens is 1. The molecule has 1 aliphatic rings. The fraction of sp³-hybridized carbons (Fsp3) is 0.714. The Labute approximate surface area is 105 Å². The molecule has 0 amide bonds. The van der Waals surface area contributed by atoms with Gasteiger partial charge in [-0.05, 0) is 45.7 Å². The maximum absolute atomic E-state index is 3.42. The van der Waals surface area contributed by atoms with Gasteiger partial charge in [-0.15, -0.1) is 0 Å². The summed E-state index contributed by atoms with van der Waals surface area (Å²) in [7, 11) is 0. The van der Waals surface area contributed by atoms with Gasteiger partial charge in [-0.25, -0.2) is 0 Å². The van der Waals surface area contributed by atoms with E-state index in [1.807, 2.05) is 0 Å². The molecule has 2 heterocycles. The number of H-pyrrole nitrogens is 1. The van der Waals surface area contributed by atoms with Crippen molar-refractivity contribution in [2.24, 2.45) is 0 Å². The minimum absolute atomic E-state index is 0.251.